The SMILES string of the molecule is CCNC(=NCCCOCC1CCCO1)NCCc1nc(C(C)C)no1.I. The molecule has 0 aromatic carbocycles. The molecule has 1 unspecified atom stereocenters. The molecule has 0 bridgehead atoms. The molecule has 2 rings (SSSR count). The van der Waals surface area contributed by atoms with Crippen molar-refractivity contribution in [2.24, 2.45) is 4.99 Å². The van der Waals surface area contributed by atoms with Gasteiger partial charge in [0.15, 0.2) is 11.8 Å². The van der Waals surface area contributed by atoms with Crippen molar-refractivity contribution in [3.63, 3.8) is 0 Å². The van der Waals surface area contributed by atoms with Crippen LogP contribution in [-0.4, -0.2) is 61.7 Å². The average molecular weight is 495 g/mol. The zero-order valence-electron chi connectivity index (χ0n) is 16.7. The first-order chi connectivity index (χ1) is 12.7. The highest BCUT2D eigenvalue weighted by atomic mass is 127. The molecule has 0 aliphatic carbocycles. The first kappa shape index (κ1) is 24.1. The van der Waals surface area contributed by atoms with Crippen molar-refractivity contribution in [3.8, 4) is 0 Å². The fourth-order valence-corrected chi connectivity index (χ4v) is 2.58. The Morgan fingerprint density at radius 1 is 1.37 bits per heavy atom. The largest absolute Gasteiger partial charge is 0.379 e. The first-order valence-electron chi connectivity index (χ1n) is 9.73. The van der Waals surface area contributed by atoms with E-state index in [-0.39, 0.29) is 29.9 Å². The third-order valence-electron chi connectivity index (χ3n) is 4.02. The molecule has 1 atom stereocenters. The topological polar surface area (TPSA) is 93.8 Å². The Bertz CT molecular complexity index is 533. The Hall–Kier alpha value is -0.940. The normalized spacial score (nSPS) is 17.2. The third-order valence-corrected chi connectivity index (χ3v) is 4.02. The summed E-state index contributed by atoms with van der Waals surface area (Å²) >= 11 is 0. The molecule has 0 saturated carbocycles. The van der Waals surface area contributed by atoms with Gasteiger partial charge in [-0.3, -0.25) is 4.99 Å². The third kappa shape index (κ3) is 9.70. The maximum atomic E-state index is 5.66. The maximum absolute atomic E-state index is 5.66. The summed E-state index contributed by atoms with van der Waals surface area (Å²) < 4.78 is 16.4. The summed E-state index contributed by atoms with van der Waals surface area (Å²) in [5.74, 6) is 2.49. The predicted molar refractivity (Wildman–Crippen MR) is 116 cm³/mol. The van der Waals surface area contributed by atoms with Gasteiger partial charge in [0.2, 0.25) is 5.89 Å². The number of guanidine groups is 1. The number of nitrogens with one attached hydrogen (secondary N) is 2. The molecule has 1 aromatic rings. The van der Waals surface area contributed by atoms with E-state index in [0.29, 0.717) is 38.2 Å². The maximum Gasteiger partial charge on any atom is 0.228 e. The molecule has 1 aromatic heterocycles. The number of halogens is 1. The summed E-state index contributed by atoms with van der Waals surface area (Å²) in [5, 5.41) is 10.5. The van der Waals surface area contributed by atoms with Crippen LogP contribution in [-0.2, 0) is 15.9 Å². The van der Waals surface area contributed by atoms with Gasteiger partial charge in [-0.1, -0.05) is 19.0 Å². The van der Waals surface area contributed by atoms with Crippen molar-refractivity contribution >= 4 is 29.9 Å². The lowest BCUT2D eigenvalue weighted by Gasteiger charge is -2.11. The summed E-state index contributed by atoms with van der Waals surface area (Å²) in [4.78, 5) is 8.94. The van der Waals surface area contributed by atoms with Crippen LogP contribution in [0.1, 0.15) is 57.7 Å². The Labute approximate surface area is 179 Å². The zero-order chi connectivity index (χ0) is 18.6. The van der Waals surface area contributed by atoms with Crippen LogP contribution in [0.5, 0.6) is 0 Å². The minimum Gasteiger partial charge on any atom is -0.379 e. The molecule has 1 aliphatic heterocycles. The van der Waals surface area contributed by atoms with E-state index in [1.54, 1.807) is 0 Å². The predicted octanol–water partition coefficient (Wildman–Crippen LogP) is 2.49. The molecular weight excluding hydrogens is 461 g/mol. The number of ether oxygens (including phenoxy) is 2. The first-order valence-corrected chi connectivity index (χ1v) is 9.73. The van der Waals surface area contributed by atoms with Gasteiger partial charge >= 0.3 is 0 Å². The molecule has 8 nitrogen and oxygen atoms in total. The zero-order valence-corrected chi connectivity index (χ0v) is 19.0. The summed E-state index contributed by atoms with van der Waals surface area (Å²) in [6.07, 6.45) is 4.13. The van der Waals surface area contributed by atoms with Gasteiger partial charge in [-0.25, -0.2) is 0 Å². The van der Waals surface area contributed by atoms with Crippen molar-refractivity contribution in [1.82, 2.24) is 20.8 Å². The standard InChI is InChI=1S/C18H33N5O3.HI/c1-4-19-18(20-9-6-11-24-13-15-7-5-12-25-15)21-10-8-16-22-17(14(2)3)23-26-16;/h14-15H,4-13H2,1-3H3,(H2,19,20,21);1H. The van der Waals surface area contributed by atoms with Gasteiger partial charge in [-0.15, -0.1) is 24.0 Å². The van der Waals surface area contributed by atoms with E-state index in [9.17, 15) is 0 Å². The number of aliphatic imine (C=N–C) groups is 1. The van der Waals surface area contributed by atoms with Crippen LogP contribution in [0.3, 0.4) is 0 Å². The smallest absolute Gasteiger partial charge is 0.228 e. The molecule has 0 spiro atoms. The second kappa shape index (κ2) is 14.1. The Morgan fingerprint density at radius 3 is 2.89 bits per heavy atom. The molecule has 27 heavy (non-hydrogen) atoms. The molecule has 9 heteroatoms. The number of aromatic nitrogens is 2. The van der Waals surface area contributed by atoms with Crippen LogP contribution >= 0.6 is 24.0 Å². The molecule has 0 amide bonds. The summed E-state index contributed by atoms with van der Waals surface area (Å²) in [7, 11) is 0. The second-order valence-corrected chi connectivity index (χ2v) is 6.70. The van der Waals surface area contributed by atoms with Gasteiger partial charge in [0, 0.05) is 45.2 Å². The summed E-state index contributed by atoms with van der Waals surface area (Å²) in [6.45, 7) is 10.7. The van der Waals surface area contributed by atoms with Gasteiger partial charge in [0.25, 0.3) is 0 Å². The van der Waals surface area contributed by atoms with E-state index in [2.05, 4.69) is 32.7 Å². The quantitative estimate of drug-likeness (QED) is 0.211. The molecule has 1 fully saturated rings. The van der Waals surface area contributed by atoms with E-state index in [0.717, 1.165) is 50.7 Å². The average Bonchev–Trinajstić information content (AvgIpc) is 3.29. The molecular formula is C18H34IN5O3. The van der Waals surface area contributed by atoms with Crippen molar-refractivity contribution in [3.05, 3.63) is 11.7 Å². The van der Waals surface area contributed by atoms with Crippen LogP contribution in [0.4, 0.5) is 0 Å². The highest BCUT2D eigenvalue weighted by molar-refractivity contribution is 14.0. The molecule has 156 valence electrons. The van der Waals surface area contributed by atoms with Crippen molar-refractivity contribution < 1.29 is 14.0 Å². The minimum atomic E-state index is 0. The van der Waals surface area contributed by atoms with E-state index >= 15 is 0 Å². The molecule has 1 saturated heterocycles. The highest BCUT2D eigenvalue weighted by Gasteiger charge is 2.14. The number of hydrogen-bond donors (Lipinski definition) is 2. The van der Waals surface area contributed by atoms with Gasteiger partial charge in [0.05, 0.1) is 12.7 Å². The highest BCUT2D eigenvalue weighted by Crippen LogP contribution is 2.12. The minimum absolute atomic E-state index is 0. The van der Waals surface area contributed by atoms with Crippen molar-refractivity contribution in [2.45, 2.75) is 58.5 Å². The fraction of sp³-hybridized carbons (Fsp3) is 0.833. The lowest BCUT2D eigenvalue weighted by atomic mass is 10.2. The van der Waals surface area contributed by atoms with Gasteiger partial charge in [-0.05, 0) is 26.2 Å². The monoisotopic (exact) mass is 495 g/mol. The van der Waals surface area contributed by atoms with Crippen molar-refractivity contribution in [2.75, 3.05) is 39.5 Å². The number of hydrogen-bond acceptors (Lipinski definition) is 6. The van der Waals surface area contributed by atoms with Crippen LogP contribution in [0.15, 0.2) is 9.52 Å². The van der Waals surface area contributed by atoms with E-state index < -0.39 is 0 Å². The van der Waals surface area contributed by atoms with Crippen LogP contribution < -0.4 is 10.6 Å². The van der Waals surface area contributed by atoms with E-state index in [1.807, 2.05) is 13.8 Å². The molecule has 2 heterocycles. The Kier molecular flexibility index (Phi) is 12.6. The van der Waals surface area contributed by atoms with Gasteiger partial charge < -0.3 is 24.6 Å². The van der Waals surface area contributed by atoms with Crippen molar-refractivity contribution in [1.29, 1.82) is 0 Å². The van der Waals surface area contributed by atoms with E-state index in [1.165, 1.54) is 0 Å². The molecule has 1 aliphatic rings. The van der Waals surface area contributed by atoms with Crippen LogP contribution in [0, 0.1) is 0 Å². The second-order valence-electron chi connectivity index (χ2n) is 6.70. The van der Waals surface area contributed by atoms with Crippen LogP contribution in [0.25, 0.3) is 0 Å². The van der Waals surface area contributed by atoms with Crippen LogP contribution in [0.2, 0.25) is 0 Å². The summed E-state index contributed by atoms with van der Waals surface area (Å²) in [6, 6.07) is 0. The molecule has 2 N–H and O–H groups in total. The number of nitrogens with zero attached hydrogens (tertiary/aromatic N) is 3. The summed E-state index contributed by atoms with van der Waals surface area (Å²) in [5.41, 5.74) is 0. The van der Waals surface area contributed by atoms with Gasteiger partial charge in [0.1, 0.15) is 0 Å². The number of rotatable bonds is 11. The lowest BCUT2D eigenvalue weighted by molar-refractivity contribution is 0.0171. The van der Waals surface area contributed by atoms with E-state index in [4.69, 9.17) is 14.0 Å². The Balaban J connectivity index is 0.00000364. The van der Waals surface area contributed by atoms with Gasteiger partial charge in [-0.2, -0.15) is 4.98 Å². The molecule has 0 radical (unpaired) electrons. The lowest BCUT2D eigenvalue weighted by Crippen LogP contribution is -2.38. The fourth-order valence-electron chi connectivity index (χ4n) is 2.58. The Morgan fingerprint density at radius 2 is 2.22 bits per heavy atom.